The molecule has 4 aromatic rings. The summed E-state index contributed by atoms with van der Waals surface area (Å²) < 4.78 is 73.5. The highest BCUT2D eigenvalue weighted by atomic mass is 32.2. The summed E-state index contributed by atoms with van der Waals surface area (Å²) >= 11 is 1.61. The average Bonchev–Trinajstić information content (AvgIpc) is 3.94. The van der Waals surface area contributed by atoms with Crippen LogP contribution in [0.15, 0.2) is 77.8 Å². The van der Waals surface area contributed by atoms with Gasteiger partial charge in [0, 0.05) is 21.8 Å². The highest BCUT2D eigenvalue weighted by Gasteiger charge is 2.50. The molecule has 3 aromatic carbocycles. The van der Waals surface area contributed by atoms with E-state index in [-0.39, 0.29) is 28.4 Å². The Bertz CT molecular complexity index is 2100. The lowest BCUT2D eigenvalue weighted by Crippen LogP contribution is -2.51. The van der Waals surface area contributed by atoms with Gasteiger partial charge in [-0.1, -0.05) is 69.2 Å². The first-order valence-corrected chi connectivity index (χ1v) is 19.8. The third kappa shape index (κ3) is 7.50. The summed E-state index contributed by atoms with van der Waals surface area (Å²) in [6.45, 7) is 4.25. The van der Waals surface area contributed by atoms with Gasteiger partial charge < -0.3 is 24.1 Å². The predicted octanol–water partition coefficient (Wildman–Crippen LogP) is 8.41. The minimum atomic E-state index is -5.82. The molecule has 0 bridgehead atoms. The summed E-state index contributed by atoms with van der Waals surface area (Å²) in [5, 5.41) is 2.75. The number of H-pyrrole nitrogens is 1. The maximum absolute atomic E-state index is 13.8. The molecule has 1 aliphatic carbocycles. The summed E-state index contributed by atoms with van der Waals surface area (Å²) in [7, 11) is -5.82. The van der Waals surface area contributed by atoms with Crippen molar-refractivity contribution in [2.45, 2.75) is 86.0 Å². The molecule has 2 atom stereocenters. The lowest BCUT2D eigenvalue weighted by atomic mass is 9.94. The minimum absolute atomic E-state index is 0.197. The van der Waals surface area contributed by atoms with Crippen molar-refractivity contribution < 1.29 is 40.1 Å². The molecule has 3 heterocycles. The van der Waals surface area contributed by atoms with Crippen LogP contribution < -0.4 is 14.2 Å². The number of hydrogen-bond donors (Lipinski definition) is 2. The highest BCUT2D eigenvalue weighted by Crippen LogP contribution is 2.58. The number of likely N-dealkylation sites (tertiary alicyclic amines) is 1. The van der Waals surface area contributed by atoms with Crippen LogP contribution in [0, 0.1) is 5.92 Å². The van der Waals surface area contributed by atoms with Crippen LogP contribution in [0.5, 0.6) is 11.5 Å². The van der Waals surface area contributed by atoms with Crippen molar-refractivity contribution >= 4 is 33.9 Å². The third-order valence-electron chi connectivity index (χ3n) is 10.1. The first-order chi connectivity index (χ1) is 25.2. The second kappa shape index (κ2) is 14.4. The van der Waals surface area contributed by atoms with Gasteiger partial charge in [0.2, 0.25) is 5.91 Å². The number of hydrogen-bond acceptors (Lipinski definition) is 8. The fraction of sp³-hybridized carbons (Fsp3) is 0.395. The van der Waals surface area contributed by atoms with Gasteiger partial charge in [-0.15, -0.1) is 11.8 Å². The number of nitrogens with one attached hydrogen (secondary N) is 2. The molecule has 7 rings (SSSR count). The van der Waals surface area contributed by atoms with Crippen molar-refractivity contribution in [3.05, 3.63) is 84.3 Å². The molecule has 1 spiro atoms. The molecule has 1 saturated carbocycles. The molecule has 2 N–H and O–H groups in total. The maximum Gasteiger partial charge on any atom is 0.534 e. The van der Waals surface area contributed by atoms with Crippen molar-refractivity contribution in [1.82, 2.24) is 20.2 Å². The quantitative estimate of drug-likeness (QED) is 0.128. The Labute approximate surface area is 310 Å². The molecule has 2 amide bonds. The number of imidazole rings is 1. The molecular weight excluding hydrogens is 730 g/mol. The number of nitrogens with zero attached hydrogens (tertiary/aromatic N) is 2. The zero-order valence-electron chi connectivity index (χ0n) is 29.1. The molecule has 0 radical (unpaired) electrons. The highest BCUT2D eigenvalue weighted by molar-refractivity contribution is 8.01. The van der Waals surface area contributed by atoms with E-state index in [1.165, 1.54) is 6.07 Å². The summed E-state index contributed by atoms with van der Waals surface area (Å²) in [4.78, 5) is 37.1. The lowest BCUT2D eigenvalue weighted by molar-refractivity contribution is -0.135. The summed E-state index contributed by atoms with van der Waals surface area (Å²) in [6.07, 6.45) is 6.69. The second-order valence-corrected chi connectivity index (χ2v) is 17.1. The van der Waals surface area contributed by atoms with Crippen LogP contribution in [0.1, 0.15) is 69.8 Å². The Morgan fingerprint density at radius 2 is 1.70 bits per heavy atom. The zero-order chi connectivity index (χ0) is 37.5. The smallest absolute Gasteiger partial charge is 0.410 e. The monoisotopic (exact) mass is 768 g/mol. The molecule has 2 fully saturated rings. The van der Waals surface area contributed by atoms with Gasteiger partial charge in [-0.05, 0) is 79.0 Å². The normalized spacial score (nSPS) is 18.7. The Kier molecular flexibility index (Phi) is 10.00. The number of ether oxygens (including phenoxy) is 1. The molecule has 1 aromatic heterocycles. The van der Waals surface area contributed by atoms with Gasteiger partial charge in [0.05, 0.1) is 17.9 Å². The number of para-hydroxylation sites is 1. The Morgan fingerprint density at radius 3 is 2.38 bits per heavy atom. The predicted molar refractivity (Wildman–Crippen MR) is 194 cm³/mol. The fourth-order valence-corrected chi connectivity index (χ4v) is 9.70. The van der Waals surface area contributed by atoms with Crippen molar-refractivity contribution in [2.24, 2.45) is 5.92 Å². The van der Waals surface area contributed by atoms with E-state index in [1.807, 2.05) is 44.2 Å². The number of benzene rings is 3. The number of rotatable bonds is 9. The molecule has 280 valence electrons. The van der Waals surface area contributed by atoms with E-state index in [0.29, 0.717) is 36.5 Å². The van der Waals surface area contributed by atoms with E-state index < -0.39 is 27.8 Å². The van der Waals surface area contributed by atoms with Crippen molar-refractivity contribution in [3.63, 3.8) is 0 Å². The number of carbonyl (C=O) groups is 2. The van der Waals surface area contributed by atoms with Gasteiger partial charge in [-0.3, -0.25) is 4.79 Å². The van der Waals surface area contributed by atoms with E-state index in [2.05, 4.69) is 19.5 Å². The van der Waals surface area contributed by atoms with E-state index in [1.54, 1.807) is 53.2 Å². The molecular formula is C38H39F3N4O6S2. The number of carbonyl (C=O) groups excluding carboxylic acids is 2. The van der Waals surface area contributed by atoms with Crippen molar-refractivity contribution in [2.75, 3.05) is 6.54 Å². The van der Waals surface area contributed by atoms with Crippen LogP contribution in [0.2, 0.25) is 0 Å². The SMILES string of the molecule is CC(C)[C@H](NC(=O)Oc1ccccc1)C(=O)N1CCC[C@H]1c1ncc(-c2ccc(-c3ccc(OS(=O)(=O)C(F)(F)F)c4c3SC3(CCCC3)C4)cc2)[nH]1. The van der Waals surface area contributed by atoms with Gasteiger partial charge in [0.15, 0.2) is 0 Å². The second-order valence-electron chi connectivity index (χ2n) is 14.1. The third-order valence-corrected chi connectivity index (χ3v) is 12.8. The number of thioether (sulfide) groups is 1. The van der Waals surface area contributed by atoms with Crippen LogP contribution in [-0.2, 0) is 21.3 Å². The molecule has 10 nitrogen and oxygen atoms in total. The van der Waals surface area contributed by atoms with Crippen LogP contribution in [0.4, 0.5) is 18.0 Å². The van der Waals surface area contributed by atoms with E-state index in [0.717, 1.165) is 59.4 Å². The van der Waals surface area contributed by atoms with Crippen LogP contribution in [-0.4, -0.2) is 58.1 Å². The minimum Gasteiger partial charge on any atom is -0.410 e. The van der Waals surface area contributed by atoms with Gasteiger partial charge in [-0.25, -0.2) is 9.78 Å². The van der Waals surface area contributed by atoms with Crippen LogP contribution in [0.3, 0.4) is 0 Å². The molecule has 1 saturated heterocycles. The van der Waals surface area contributed by atoms with E-state index >= 15 is 0 Å². The van der Waals surface area contributed by atoms with Crippen molar-refractivity contribution in [1.29, 1.82) is 0 Å². The number of aromatic nitrogens is 2. The van der Waals surface area contributed by atoms with Gasteiger partial charge in [0.1, 0.15) is 23.4 Å². The fourth-order valence-electron chi connectivity index (χ4n) is 7.48. The Balaban J connectivity index is 1.09. The van der Waals surface area contributed by atoms with Crippen molar-refractivity contribution in [3.8, 4) is 33.9 Å². The summed E-state index contributed by atoms with van der Waals surface area (Å²) in [5.41, 5.74) is -1.85. The number of fused-ring (bicyclic) bond motifs is 1. The summed E-state index contributed by atoms with van der Waals surface area (Å²) in [6, 6.07) is 18.1. The van der Waals surface area contributed by atoms with E-state index in [9.17, 15) is 31.2 Å². The molecule has 0 unspecified atom stereocenters. The molecule has 2 aliphatic heterocycles. The van der Waals surface area contributed by atoms with Crippen LogP contribution in [0.25, 0.3) is 22.4 Å². The number of aromatic amines is 1. The number of amides is 2. The number of halogens is 3. The molecule has 15 heteroatoms. The average molecular weight is 769 g/mol. The topological polar surface area (TPSA) is 131 Å². The molecule has 53 heavy (non-hydrogen) atoms. The van der Waals surface area contributed by atoms with Crippen LogP contribution >= 0.6 is 11.8 Å². The Morgan fingerprint density at radius 1 is 1.00 bits per heavy atom. The van der Waals surface area contributed by atoms with E-state index in [4.69, 9.17) is 4.74 Å². The number of alkyl halides is 3. The largest absolute Gasteiger partial charge is 0.534 e. The summed E-state index contributed by atoms with van der Waals surface area (Å²) in [5.74, 6) is 0.316. The van der Waals surface area contributed by atoms with Gasteiger partial charge in [-0.2, -0.15) is 21.6 Å². The first-order valence-electron chi connectivity index (χ1n) is 17.6. The molecule has 3 aliphatic rings. The zero-order valence-corrected chi connectivity index (χ0v) is 30.7. The lowest BCUT2D eigenvalue weighted by Gasteiger charge is -2.30. The Hall–Kier alpha value is -4.50. The van der Waals surface area contributed by atoms with Gasteiger partial charge >= 0.3 is 21.7 Å². The standard InChI is InChI=1S/C38H39F3N4O6S2/c1-23(2)32(44-36(47)50-26-9-4-3-5-10-26)35(46)45-20-8-11-30(45)34-42-22-29(43-34)25-14-12-24(13-15-25)27-16-17-31(51-53(48,49)38(39,40)41)28-21-37(52-33(27)28)18-6-7-19-37/h3-5,9-10,12-17,22-23,30,32H,6-8,11,18-21H2,1-2H3,(H,42,43)(H,44,47)/t30-,32-/m0/s1. The first kappa shape index (κ1) is 36.8. The maximum atomic E-state index is 13.8. The van der Waals surface area contributed by atoms with Gasteiger partial charge in [0.25, 0.3) is 0 Å².